The molecule has 0 radical (unpaired) electrons. The van der Waals surface area contributed by atoms with Gasteiger partial charge in [0, 0.05) is 6.08 Å². The van der Waals surface area contributed by atoms with Crippen molar-refractivity contribution < 1.29 is 22.7 Å². The van der Waals surface area contributed by atoms with Crippen LogP contribution in [0.15, 0.2) is 72.8 Å². The van der Waals surface area contributed by atoms with E-state index in [1.165, 1.54) is 18.2 Å². The summed E-state index contributed by atoms with van der Waals surface area (Å²) in [7, 11) is 0. The molecule has 0 atom stereocenters. The Labute approximate surface area is 142 Å². The van der Waals surface area contributed by atoms with Gasteiger partial charge in [0.05, 0.1) is 5.56 Å². The predicted molar refractivity (Wildman–Crippen MR) is 90.1 cm³/mol. The molecular weight excluding hydrogens is 329 g/mol. The van der Waals surface area contributed by atoms with Crippen LogP contribution in [0, 0.1) is 0 Å². The molecule has 0 amide bonds. The lowest BCUT2D eigenvalue weighted by Gasteiger charge is -2.06. The van der Waals surface area contributed by atoms with E-state index >= 15 is 0 Å². The average Bonchev–Trinajstić information content (AvgIpc) is 2.59. The Morgan fingerprint density at radius 2 is 1.64 bits per heavy atom. The Bertz CT molecular complexity index is 943. The summed E-state index contributed by atoms with van der Waals surface area (Å²) in [6, 6.07) is 17.6. The van der Waals surface area contributed by atoms with Crippen LogP contribution >= 0.6 is 0 Å². The zero-order chi connectivity index (χ0) is 17.9. The molecule has 0 fully saturated rings. The fraction of sp³-hybridized carbons (Fsp3) is 0.0500. The van der Waals surface area contributed by atoms with Crippen molar-refractivity contribution in [1.82, 2.24) is 0 Å². The molecule has 0 aliphatic carbocycles. The summed E-state index contributed by atoms with van der Waals surface area (Å²) in [6.07, 6.45) is -2.03. The molecule has 0 aliphatic rings. The van der Waals surface area contributed by atoms with Crippen molar-refractivity contribution in [3.8, 4) is 5.75 Å². The van der Waals surface area contributed by atoms with Crippen LogP contribution in [0.5, 0.6) is 5.75 Å². The molecule has 0 bridgehead atoms. The van der Waals surface area contributed by atoms with Crippen LogP contribution in [-0.4, -0.2) is 5.97 Å². The normalized spacial score (nSPS) is 11.8. The second-order valence-corrected chi connectivity index (χ2v) is 5.39. The largest absolute Gasteiger partial charge is 0.423 e. The van der Waals surface area contributed by atoms with Gasteiger partial charge in [0.15, 0.2) is 0 Å². The van der Waals surface area contributed by atoms with E-state index in [4.69, 9.17) is 4.74 Å². The number of alkyl halides is 3. The highest BCUT2D eigenvalue weighted by atomic mass is 19.4. The summed E-state index contributed by atoms with van der Waals surface area (Å²) in [5, 5.41) is 1.94. The van der Waals surface area contributed by atoms with Crippen molar-refractivity contribution >= 4 is 22.8 Å². The minimum Gasteiger partial charge on any atom is -0.423 e. The van der Waals surface area contributed by atoms with Gasteiger partial charge in [-0.3, -0.25) is 0 Å². The molecule has 0 aromatic heterocycles. The van der Waals surface area contributed by atoms with E-state index < -0.39 is 17.7 Å². The van der Waals surface area contributed by atoms with Crippen LogP contribution in [0.3, 0.4) is 0 Å². The van der Waals surface area contributed by atoms with Gasteiger partial charge in [-0.1, -0.05) is 42.5 Å². The second kappa shape index (κ2) is 6.81. The molecule has 0 heterocycles. The summed E-state index contributed by atoms with van der Waals surface area (Å²) < 4.78 is 43.2. The van der Waals surface area contributed by atoms with Crippen LogP contribution in [-0.2, 0) is 11.0 Å². The molecule has 0 unspecified atom stereocenters. The fourth-order valence-corrected chi connectivity index (χ4v) is 2.36. The van der Waals surface area contributed by atoms with Crippen LogP contribution in [0.1, 0.15) is 11.1 Å². The molecule has 0 N–H and O–H groups in total. The SMILES string of the molecule is O=C(C=Cc1cccc(C(F)(F)F)c1)Oc1ccc2ccccc2c1. The molecule has 0 saturated heterocycles. The van der Waals surface area contributed by atoms with E-state index in [0.29, 0.717) is 5.75 Å². The highest BCUT2D eigenvalue weighted by molar-refractivity contribution is 5.90. The second-order valence-electron chi connectivity index (χ2n) is 5.39. The maximum absolute atomic E-state index is 12.7. The van der Waals surface area contributed by atoms with Crippen molar-refractivity contribution in [2.45, 2.75) is 6.18 Å². The summed E-state index contributed by atoms with van der Waals surface area (Å²) in [5.74, 6) is -0.287. The Kier molecular flexibility index (Phi) is 4.57. The first-order valence-electron chi connectivity index (χ1n) is 7.48. The number of carbonyl (C=O) groups is 1. The van der Waals surface area contributed by atoms with Crippen LogP contribution in [0.2, 0.25) is 0 Å². The van der Waals surface area contributed by atoms with Crippen molar-refractivity contribution in [2.24, 2.45) is 0 Å². The molecule has 3 aromatic rings. The highest BCUT2D eigenvalue weighted by Gasteiger charge is 2.30. The summed E-state index contributed by atoms with van der Waals surface area (Å²) in [5.41, 5.74) is -0.497. The van der Waals surface area contributed by atoms with Crippen molar-refractivity contribution in [3.63, 3.8) is 0 Å². The first-order valence-corrected chi connectivity index (χ1v) is 7.48. The lowest BCUT2D eigenvalue weighted by atomic mass is 10.1. The van der Waals surface area contributed by atoms with E-state index in [2.05, 4.69) is 0 Å². The van der Waals surface area contributed by atoms with Crippen LogP contribution in [0.25, 0.3) is 16.8 Å². The standard InChI is InChI=1S/C20H13F3O2/c21-20(22,23)17-7-3-4-14(12-17)8-11-19(24)25-18-10-9-15-5-1-2-6-16(15)13-18/h1-13H. The lowest BCUT2D eigenvalue weighted by Crippen LogP contribution is -2.05. The van der Waals surface area contributed by atoms with E-state index in [0.717, 1.165) is 29.0 Å². The maximum atomic E-state index is 12.7. The fourth-order valence-electron chi connectivity index (χ4n) is 2.36. The quantitative estimate of drug-likeness (QED) is 0.358. The first-order chi connectivity index (χ1) is 11.9. The molecular formula is C20H13F3O2. The first kappa shape index (κ1) is 16.8. The monoisotopic (exact) mass is 342 g/mol. The minimum absolute atomic E-state index is 0.269. The van der Waals surface area contributed by atoms with Crippen LogP contribution < -0.4 is 4.74 Å². The number of hydrogen-bond acceptors (Lipinski definition) is 2. The van der Waals surface area contributed by atoms with Crippen LogP contribution in [0.4, 0.5) is 13.2 Å². The number of halogens is 3. The number of hydrogen-bond donors (Lipinski definition) is 0. The zero-order valence-corrected chi connectivity index (χ0v) is 13.0. The number of rotatable bonds is 3. The summed E-state index contributed by atoms with van der Waals surface area (Å²) >= 11 is 0. The Morgan fingerprint density at radius 1 is 0.880 bits per heavy atom. The average molecular weight is 342 g/mol. The molecule has 0 saturated carbocycles. The third kappa shape index (κ3) is 4.26. The molecule has 0 spiro atoms. The number of ether oxygens (including phenoxy) is 1. The number of fused-ring (bicyclic) bond motifs is 1. The maximum Gasteiger partial charge on any atom is 0.416 e. The summed E-state index contributed by atoms with van der Waals surface area (Å²) in [4.78, 5) is 11.9. The van der Waals surface area contributed by atoms with Gasteiger partial charge in [0.2, 0.25) is 0 Å². The van der Waals surface area contributed by atoms with E-state index in [-0.39, 0.29) is 5.56 Å². The molecule has 5 heteroatoms. The number of benzene rings is 3. The molecule has 3 rings (SSSR count). The molecule has 3 aromatic carbocycles. The Balaban J connectivity index is 1.72. The third-order valence-electron chi connectivity index (χ3n) is 3.57. The minimum atomic E-state index is -4.42. The van der Waals surface area contributed by atoms with E-state index in [1.54, 1.807) is 12.1 Å². The summed E-state index contributed by atoms with van der Waals surface area (Å²) in [6.45, 7) is 0. The smallest absolute Gasteiger partial charge is 0.416 e. The zero-order valence-electron chi connectivity index (χ0n) is 13.0. The van der Waals surface area contributed by atoms with Gasteiger partial charge in [-0.2, -0.15) is 13.2 Å². The third-order valence-corrected chi connectivity index (χ3v) is 3.57. The van der Waals surface area contributed by atoms with Crippen molar-refractivity contribution in [1.29, 1.82) is 0 Å². The highest BCUT2D eigenvalue weighted by Crippen LogP contribution is 2.29. The molecule has 25 heavy (non-hydrogen) atoms. The van der Waals surface area contributed by atoms with Crippen molar-refractivity contribution in [2.75, 3.05) is 0 Å². The van der Waals surface area contributed by atoms with Gasteiger partial charge in [0.1, 0.15) is 5.75 Å². The van der Waals surface area contributed by atoms with Crippen molar-refractivity contribution in [3.05, 3.63) is 83.9 Å². The molecule has 126 valence electrons. The Morgan fingerprint density at radius 3 is 2.40 bits per heavy atom. The van der Waals surface area contributed by atoms with Gasteiger partial charge < -0.3 is 4.74 Å². The lowest BCUT2D eigenvalue weighted by molar-refractivity contribution is -0.137. The molecule has 2 nitrogen and oxygen atoms in total. The number of esters is 1. The topological polar surface area (TPSA) is 26.3 Å². The van der Waals surface area contributed by atoms with Gasteiger partial charge in [-0.15, -0.1) is 0 Å². The van der Waals surface area contributed by atoms with Gasteiger partial charge in [-0.25, -0.2) is 4.79 Å². The number of carbonyl (C=O) groups excluding carboxylic acids is 1. The molecule has 0 aliphatic heterocycles. The van der Waals surface area contributed by atoms with E-state index in [1.807, 2.05) is 30.3 Å². The van der Waals surface area contributed by atoms with Gasteiger partial charge in [-0.05, 0) is 46.7 Å². The predicted octanol–water partition coefficient (Wildman–Crippen LogP) is 5.48. The Hall–Kier alpha value is -3.08. The van der Waals surface area contributed by atoms with Gasteiger partial charge in [0.25, 0.3) is 0 Å². The van der Waals surface area contributed by atoms with Gasteiger partial charge >= 0.3 is 12.1 Å². The van der Waals surface area contributed by atoms with E-state index in [9.17, 15) is 18.0 Å².